The number of anilines is 1. The first-order valence-corrected chi connectivity index (χ1v) is 5.94. The molecule has 1 saturated heterocycles. The maximum absolute atomic E-state index is 8.60. The first kappa shape index (κ1) is 13.3. The first-order valence-electron chi connectivity index (χ1n) is 5.94. The molecule has 2 rings (SSSR count). The number of azide groups is 1. The summed E-state index contributed by atoms with van der Waals surface area (Å²) < 4.78 is 15.9. The molecule has 0 bridgehead atoms. The Bertz CT molecular complexity index is 469. The third-order valence-electron chi connectivity index (χ3n) is 2.99. The maximum Gasteiger partial charge on any atom is 0.134 e. The van der Waals surface area contributed by atoms with E-state index in [2.05, 4.69) is 14.9 Å². The second kappa shape index (κ2) is 6.17. The van der Waals surface area contributed by atoms with Gasteiger partial charge in [-0.15, -0.1) is 0 Å². The second-order valence-corrected chi connectivity index (χ2v) is 3.99. The summed E-state index contributed by atoms with van der Waals surface area (Å²) in [5.74, 6) is 0.997. The fourth-order valence-corrected chi connectivity index (χ4v) is 2.03. The fraction of sp³-hybridized carbons (Fsp3) is 0.500. The third-order valence-corrected chi connectivity index (χ3v) is 2.99. The van der Waals surface area contributed by atoms with E-state index in [0.29, 0.717) is 30.4 Å². The fourth-order valence-electron chi connectivity index (χ4n) is 2.03. The molecule has 1 heterocycles. The van der Waals surface area contributed by atoms with Crippen LogP contribution in [0.5, 0.6) is 11.5 Å². The lowest BCUT2D eigenvalue weighted by molar-refractivity contribution is 0.122. The highest BCUT2D eigenvalue weighted by atomic mass is 16.5. The van der Waals surface area contributed by atoms with E-state index in [-0.39, 0.29) is 0 Å². The average Bonchev–Trinajstić information content (AvgIpc) is 2.48. The minimum absolute atomic E-state index is 0.365. The molecular formula is C12H16N4O3. The predicted molar refractivity (Wildman–Crippen MR) is 71.4 cm³/mol. The lowest BCUT2D eigenvalue weighted by atomic mass is 10.2. The molecule has 0 unspecified atom stereocenters. The molecule has 7 heteroatoms. The van der Waals surface area contributed by atoms with Crippen LogP contribution >= 0.6 is 0 Å². The van der Waals surface area contributed by atoms with Crippen LogP contribution in [0.3, 0.4) is 0 Å². The smallest absolute Gasteiger partial charge is 0.134 e. The van der Waals surface area contributed by atoms with Crippen molar-refractivity contribution in [2.24, 2.45) is 5.11 Å². The summed E-state index contributed by atoms with van der Waals surface area (Å²) >= 11 is 0. The van der Waals surface area contributed by atoms with Gasteiger partial charge in [0, 0.05) is 35.8 Å². The Morgan fingerprint density at radius 2 is 1.79 bits per heavy atom. The predicted octanol–water partition coefficient (Wildman–Crippen LogP) is 2.48. The molecule has 0 spiro atoms. The van der Waals surface area contributed by atoms with Gasteiger partial charge in [-0.2, -0.15) is 0 Å². The molecule has 0 amide bonds. The van der Waals surface area contributed by atoms with Gasteiger partial charge in [0.05, 0.1) is 27.4 Å². The largest absolute Gasteiger partial charge is 0.496 e. The van der Waals surface area contributed by atoms with Crippen molar-refractivity contribution in [2.75, 3.05) is 45.4 Å². The minimum atomic E-state index is 0.365. The molecule has 1 aromatic carbocycles. The number of morpholine rings is 1. The van der Waals surface area contributed by atoms with Crippen molar-refractivity contribution < 1.29 is 14.2 Å². The van der Waals surface area contributed by atoms with Crippen LogP contribution < -0.4 is 14.4 Å². The van der Waals surface area contributed by atoms with E-state index in [9.17, 15) is 0 Å². The van der Waals surface area contributed by atoms with E-state index < -0.39 is 0 Å². The Labute approximate surface area is 111 Å². The molecular weight excluding hydrogens is 248 g/mol. The molecule has 19 heavy (non-hydrogen) atoms. The van der Waals surface area contributed by atoms with Gasteiger partial charge in [-0.25, -0.2) is 0 Å². The van der Waals surface area contributed by atoms with E-state index in [1.54, 1.807) is 0 Å². The molecule has 7 nitrogen and oxygen atoms in total. The molecule has 0 N–H and O–H groups in total. The maximum atomic E-state index is 8.60. The number of benzene rings is 1. The molecule has 0 atom stereocenters. The van der Waals surface area contributed by atoms with Crippen LogP contribution in [0, 0.1) is 0 Å². The SMILES string of the molecule is COc1cc(N2CCOCC2)cc(OC)c1N=[N+]=[N-]. The van der Waals surface area contributed by atoms with Gasteiger partial charge >= 0.3 is 0 Å². The van der Waals surface area contributed by atoms with Crippen molar-refractivity contribution in [1.82, 2.24) is 0 Å². The normalized spacial score (nSPS) is 14.7. The van der Waals surface area contributed by atoms with Crippen molar-refractivity contribution in [2.45, 2.75) is 0 Å². The molecule has 102 valence electrons. The number of rotatable bonds is 4. The van der Waals surface area contributed by atoms with Crippen molar-refractivity contribution in [3.8, 4) is 11.5 Å². The number of methoxy groups -OCH3 is 2. The summed E-state index contributed by atoms with van der Waals surface area (Å²) in [6, 6.07) is 3.69. The Morgan fingerprint density at radius 3 is 2.26 bits per heavy atom. The van der Waals surface area contributed by atoms with Gasteiger partial charge in [0.1, 0.15) is 17.2 Å². The van der Waals surface area contributed by atoms with Crippen LogP contribution in [0.4, 0.5) is 11.4 Å². The topological polar surface area (TPSA) is 79.7 Å². The third kappa shape index (κ3) is 2.83. The van der Waals surface area contributed by atoms with Gasteiger partial charge in [0.15, 0.2) is 0 Å². The summed E-state index contributed by atoms with van der Waals surface area (Å²) in [5, 5.41) is 3.62. The summed E-state index contributed by atoms with van der Waals surface area (Å²) in [5.41, 5.74) is 9.93. The van der Waals surface area contributed by atoms with E-state index in [4.69, 9.17) is 19.7 Å². The standard InChI is InChI=1S/C12H16N4O3/c1-17-10-7-9(16-3-5-19-6-4-16)8-11(18-2)12(10)14-15-13/h7-8H,3-6H2,1-2H3. The number of nitrogens with zero attached hydrogens (tertiary/aromatic N) is 4. The molecule has 0 saturated carbocycles. The van der Waals surface area contributed by atoms with E-state index in [1.165, 1.54) is 14.2 Å². The summed E-state index contributed by atoms with van der Waals surface area (Å²) in [4.78, 5) is 4.97. The average molecular weight is 264 g/mol. The van der Waals surface area contributed by atoms with Gasteiger partial charge in [-0.3, -0.25) is 0 Å². The van der Waals surface area contributed by atoms with E-state index in [0.717, 1.165) is 18.8 Å². The summed E-state index contributed by atoms with van der Waals surface area (Å²) in [7, 11) is 3.07. The van der Waals surface area contributed by atoms with E-state index >= 15 is 0 Å². The second-order valence-electron chi connectivity index (χ2n) is 3.99. The van der Waals surface area contributed by atoms with Crippen LogP contribution in [-0.2, 0) is 4.74 Å². The van der Waals surface area contributed by atoms with Crippen molar-refractivity contribution >= 4 is 11.4 Å². The van der Waals surface area contributed by atoms with Crippen LogP contribution in [0.2, 0.25) is 0 Å². The Kier molecular flexibility index (Phi) is 4.33. The zero-order chi connectivity index (χ0) is 13.7. The van der Waals surface area contributed by atoms with E-state index in [1.807, 2.05) is 12.1 Å². The molecule has 0 radical (unpaired) electrons. The van der Waals surface area contributed by atoms with Gasteiger partial charge < -0.3 is 19.1 Å². The number of hydrogen-bond donors (Lipinski definition) is 0. The molecule has 1 aromatic rings. The number of hydrogen-bond acceptors (Lipinski definition) is 5. The lowest BCUT2D eigenvalue weighted by Crippen LogP contribution is -2.36. The highest BCUT2D eigenvalue weighted by molar-refractivity contribution is 5.70. The van der Waals surface area contributed by atoms with Crippen LogP contribution in [0.25, 0.3) is 10.4 Å². The van der Waals surface area contributed by atoms with Crippen LogP contribution in [0.1, 0.15) is 0 Å². The molecule has 1 aliphatic heterocycles. The minimum Gasteiger partial charge on any atom is -0.496 e. The van der Waals surface area contributed by atoms with Gasteiger partial charge in [-0.1, -0.05) is 5.11 Å². The highest BCUT2D eigenvalue weighted by Gasteiger charge is 2.17. The molecule has 0 aromatic heterocycles. The number of ether oxygens (including phenoxy) is 3. The van der Waals surface area contributed by atoms with Crippen molar-refractivity contribution in [3.05, 3.63) is 22.6 Å². The summed E-state index contributed by atoms with van der Waals surface area (Å²) in [6.45, 7) is 3.02. The zero-order valence-corrected chi connectivity index (χ0v) is 11.0. The van der Waals surface area contributed by atoms with Gasteiger partial charge in [-0.05, 0) is 5.53 Å². The lowest BCUT2D eigenvalue weighted by Gasteiger charge is -2.29. The first-order chi connectivity index (χ1) is 9.30. The highest BCUT2D eigenvalue weighted by Crippen LogP contribution is 2.41. The van der Waals surface area contributed by atoms with Crippen molar-refractivity contribution in [3.63, 3.8) is 0 Å². The Balaban J connectivity index is 2.42. The molecule has 1 fully saturated rings. The monoisotopic (exact) mass is 264 g/mol. The molecule has 1 aliphatic rings. The van der Waals surface area contributed by atoms with Crippen molar-refractivity contribution in [1.29, 1.82) is 0 Å². The van der Waals surface area contributed by atoms with Gasteiger partial charge in [0.25, 0.3) is 0 Å². The Morgan fingerprint density at radius 1 is 1.21 bits per heavy atom. The Hall–Kier alpha value is -2.11. The van der Waals surface area contributed by atoms with Gasteiger partial charge in [0.2, 0.25) is 0 Å². The van der Waals surface area contributed by atoms with Crippen LogP contribution in [0.15, 0.2) is 17.2 Å². The summed E-state index contributed by atoms with van der Waals surface area (Å²) in [6.07, 6.45) is 0. The molecule has 0 aliphatic carbocycles. The quantitative estimate of drug-likeness (QED) is 0.475. The zero-order valence-electron chi connectivity index (χ0n) is 11.0. The van der Waals surface area contributed by atoms with Crippen LogP contribution in [-0.4, -0.2) is 40.5 Å².